The van der Waals surface area contributed by atoms with E-state index in [1.807, 2.05) is 18.7 Å². The van der Waals surface area contributed by atoms with Crippen molar-refractivity contribution >= 4 is 23.3 Å². The lowest BCUT2D eigenvalue weighted by Crippen LogP contribution is -2.37. The summed E-state index contributed by atoms with van der Waals surface area (Å²) in [4.78, 5) is 39.3. The highest BCUT2D eigenvalue weighted by Gasteiger charge is 2.49. The van der Waals surface area contributed by atoms with Crippen LogP contribution in [0.2, 0.25) is 0 Å². The first-order valence-electron chi connectivity index (χ1n) is 8.32. The van der Waals surface area contributed by atoms with E-state index in [4.69, 9.17) is 0 Å². The Hall–Kier alpha value is -2.83. The third-order valence-corrected chi connectivity index (χ3v) is 4.77. The molecule has 1 N–H and O–H groups in total. The maximum Gasteiger partial charge on any atom is 0.259 e. The molecule has 1 saturated carbocycles. The van der Waals surface area contributed by atoms with Crippen molar-refractivity contribution in [3.63, 3.8) is 0 Å². The van der Waals surface area contributed by atoms with Crippen molar-refractivity contribution in [3.8, 4) is 0 Å². The summed E-state index contributed by atoms with van der Waals surface area (Å²) in [7, 11) is 0. The molecule has 0 atom stereocenters. The zero-order valence-electron chi connectivity index (χ0n) is 14.4. The van der Waals surface area contributed by atoms with E-state index < -0.39 is 5.41 Å². The van der Waals surface area contributed by atoms with Gasteiger partial charge in [-0.3, -0.25) is 9.59 Å². The Morgan fingerprint density at radius 1 is 1.20 bits per heavy atom. The molecular weight excluding hydrogens is 318 g/mol. The molecule has 0 unspecified atom stereocenters. The second-order valence-electron chi connectivity index (χ2n) is 7.09. The lowest BCUT2D eigenvalue weighted by molar-refractivity contribution is -0.122. The molecule has 2 aromatic rings. The van der Waals surface area contributed by atoms with E-state index in [0.29, 0.717) is 17.2 Å². The van der Waals surface area contributed by atoms with E-state index in [1.165, 1.54) is 12.4 Å². The van der Waals surface area contributed by atoms with Crippen molar-refractivity contribution in [2.24, 2.45) is 0 Å². The molecule has 1 aliphatic carbocycles. The van der Waals surface area contributed by atoms with Gasteiger partial charge >= 0.3 is 0 Å². The minimum atomic E-state index is -0.585. The number of aryl methyl sites for hydroxylation is 1. The number of hydrogen-bond acceptors (Lipinski definition) is 5. The summed E-state index contributed by atoms with van der Waals surface area (Å²) < 4.78 is 0. The summed E-state index contributed by atoms with van der Waals surface area (Å²) in [5.74, 6) is 0.796. The average Bonchev–Trinajstić information content (AvgIpc) is 3.37. The normalized spacial score (nSPS) is 18.2. The van der Waals surface area contributed by atoms with Gasteiger partial charge in [-0.15, -0.1) is 0 Å². The van der Waals surface area contributed by atoms with Crippen LogP contribution >= 0.6 is 0 Å². The second kappa shape index (κ2) is 5.34. The van der Waals surface area contributed by atoms with E-state index in [-0.39, 0.29) is 17.9 Å². The Balaban J connectivity index is 1.64. The number of carbonyl (C=O) groups excluding carboxylic acids is 2. The van der Waals surface area contributed by atoms with Gasteiger partial charge in [-0.05, 0) is 33.6 Å². The molecule has 0 aromatic carbocycles. The summed E-state index contributed by atoms with van der Waals surface area (Å²) in [6.07, 6.45) is 6.69. The van der Waals surface area contributed by atoms with Gasteiger partial charge in [0.05, 0.1) is 16.7 Å². The van der Waals surface area contributed by atoms with Crippen molar-refractivity contribution in [1.29, 1.82) is 0 Å². The van der Waals surface area contributed by atoms with Crippen LogP contribution in [0.1, 0.15) is 48.4 Å². The fourth-order valence-corrected chi connectivity index (χ4v) is 3.11. The van der Waals surface area contributed by atoms with Crippen LogP contribution in [-0.4, -0.2) is 32.8 Å². The summed E-state index contributed by atoms with van der Waals surface area (Å²) in [6.45, 7) is 5.59. The molecule has 0 bridgehead atoms. The summed E-state index contributed by atoms with van der Waals surface area (Å²) in [6, 6.07) is 2.05. The summed E-state index contributed by atoms with van der Waals surface area (Å²) >= 11 is 0. The van der Waals surface area contributed by atoms with Crippen LogP contribution in [-0.2, 0) is 10.2 Å². The molecule has 4 rings (SSSR count). The van der Waals surface area contributed by atoms with Crippen LogP contribution in [0.25, 0.3) is 0 Å². The molecule has 25 heavy (non-hydrogen) atoms. The van der Waals surface area contributed by atoms with E-state index in [9.17, 15) is 9.59 Å². The lowest BCUT2D eigenvalue weighted by Gasteiger charge is -2.19. The molecule has 2 aliphatic rings. The van der Waals surface area contributed by atoms with Gasteiger partial charge in [0.25, 0.3) is 5.91 Å². The Labute approximate surface area is 145 Å². The van der Waals surface area contributed by atoms with Gasteiger partial charge in [0.1, 0.15) is 11.6 Å². The molecule has 2 amide bonds. The van der Waals surface area contributed by atoms with Gasteiger partial charge in [-0.1, -0.05) is 0 Å². The number of fused-ring (bicyclic) bond motifs is 1. The molecule has 7 heteroatoms. The molecule has 1 fully saturated rings. The lowest BCUT2D eigenvalue weighted by atomic mass is 9.87. The molecule has 0 saturated heterocycles. The van der Waals surface area contributed by atoms with Crippen LogP contribution in [0.5, 0.6) is 0 Å². The standard InChI is InChI=1S/C18H19N5O2/c1-10-19-7-11(8-20-10)16(24)22-15-6-14-13(9-21-15)18(2,3)17(25)23(14)12-4-5-12/h6-9,12H,4-5H2,1-3H3,(H,21,22,24). The number of hydrogen-bond donors (Lipinski definition) is 1. The molecule has 7 nitrogen and oxygen atoms in total. The first kappa shape index (κ1) is 15.7. The van der Waals surface area contributed by atoms with E-state index >= 15 is 0 Å². The second-order valence-corrected chi connectivity index (χ2v) is 7.09. The van der Waals surface area contributed by atoms with Crippen LogP contribution in [0.15, 0.2) is 24.7 Å². The molecule has 0 radical (unpaired) electrons. The van der Waals surface area contributed by atoms with Gasteiger partial charge in [-0.25, -0.2) is 15.0 Å². The minimum absolute atomic E-state index is 0.0993. The zero-order chi connectivity index (χ0) is 17.8. The molecule has 0 spiro atoms. The predicted molar refractivity (Wildman–Crippen MR) is 92.5 cm³/mol. The Morgan fingerprint density at radius 2 is 1.88 bits per heavy atom. The van der Waals surface area contributed by atoms with E-state index in [0.717, 1.165) is 24.1 Å². The van der Waals surface area contributed by atoms with Crippen molar-refractivity contribution in [2.45, 2.75) is 45.1 Å². The molecular formula is C18H19N5O2. The van der Waals surface area contributed by atoms with Gasteiger partial charge in [-0.2, -0.15) is 0 Å². The van der Waals surface area contributed by atoms with Gasteiger partial charge in [0, 0.05) is 36.3 Å². The number of nitrogens with zero attached hydrogens (tertiary/aromatic N) is 4. The first-order chi connectivity index (χ1) is 11.9. The predicted octanol–water partition coefficient (Wildman–Crippen LogP) is 2.22. The number of anilines is 2. The maximum atomic E-state index is 12.7. The highest BCUT2D eigenvalue weighted by atomic mass is 16.2. The molecule has 1 aliphatic heterocycles. The van der Waals surface area contributed by atoms with Crippen molar-refractivity contribution in [2.75, 3.05) is 10.2 Å². The Kier molecular flexibility index (Phi) is 3.35. The third kappa shape index (κ3) is 2.56. The van der Waals surface area contributed by atoms with Crippen LogP contribution in [0.3, 0.4) is 0 Å². The topological polar surface area (TPSA) is 88.1 Å². The monoisotopic (exact) mass is 337 g/mol. The van der Waals surface area contributed by atoms with Crippen molar-refractivity contribution < 1.29 is 9.59 Å². The fraction of sp³-hybridized carbons (Fsp3) is 0.389. The highest BCUT2D eigenvalue weighted by molar-refractivity contribution is 6.09. The number of carbonyl (C=O) groups is 2. The van der Waals surface area contributed by atoms with E-state index in [1.54, 1.807) is 19.2 Å². The number of rotatable bonds is 3. The average molecular weight is 337 g/mol. The SMILES string of the molecule is Cc1ncc(C(=O)Nc2cc3c(cn2)C(C)(C)C(=O)N3C2CC2)cn1. The highest BCUT2D eigenvalue weighted by Crippen LogP contribution is 2.46. The quantitative estimate of drug-likeness (QED) is 0.928. The third-order valence-electron chi connectivity index (χ3n) is 4.77. The van der Waals surface area contributed by atoms with Gasteiger partial charge < -0.3 is 10.2 Å². The Bertz CT molecular complexity index is 872. The van der Waals surface area contributed by atoms with Crippen LogP contribution in [0.4, 0.5) is 11.5 Å². The summed E-state index contributed by atoms with van der Waals surface area (Å²) in [5, 5.41) is 2.76. The largest absolute Gasteiger partial charge is 0.308 e. The smallest absolute Gasteiger partial charge is 0.259 e. The molecule has 128 valence electrons. The number of pyridine rings is 1. The summed E-state index contributed by atoms with van der Waals surface area (Å²) in [5.41, 5.74) is 1.53. The Morgan fingerprint density at radius 3 is 2.52 bits per heavy atom. The number of aromatic nitrogens is 3. The van der Waals surface area contributed by atoms with Gasteiger partial charge in [0.15, 0.2) is 0 Å². The number of amides is 2. The molecule has 2 aromatic heterocycles. The minimum Gasteiger partial charge on any atom is -0.308 e. The number of nitrogens with one attached hydrogen (secondary N) is 1. The van der Waals surface area contributed by atoms with Crippen LogP contribution < -0.4 is 10.2 Å². The van der Waals surface area contributed by atoms with Crippen molar-refractivity contribution in [1.82, 2.24) is 15.0 Å². The first-order valence-corrected chi connectivity index (χ1v) is 8.32. The van der Waals surface area contributed by atoms with E-state index in [2.05, 4.69) is 20.3 Å². The van der Waals surface area contributed by atoms with Crippen LogP contribution in [0, 0.1) is 6.92 Å². The van der Waals surface area contributed by atoms with Gasteiger partial charge in [0.2, 0.25) is 5.91 Å². The van der Waals surface area contributed by atoms with Crippen molar-refractivity contribution in [3.05, 3.63) is 41.6 Å². The maximum absolute atomic E-state index is 12.7. The molecule has 3 heterocycles. The zero-order valence-corrected chi connectivity index (χ0v) is 14.4. The fourth-order valence-electron chi connectivity index (χ4n) is 3.11.